The number of nitrogens with one attached hydrogen (secondary N) is 2. The van der Waals surface area contributed by atoms with E-state index < -0.39 is 35.7 Å². The summed E-state index contributed by atoms with van der Waals surface area (Å²) >= 11 is 0. The van der Waals surface area contributed by atoms with E-state index in [0.29, 0.717) is 18.4 Å². The second-order valence-corrected chi connectivity index (χ2v) is 6.76. The molecule has 0 unspecified atom stereocenters. The van der Waals surface area contributed by atoms with Gasteiger partial charge in [0.15, 0.2) is 0 Å². The van der Waals surface area contributed by atoms with Gasteiger partial charge in [0.05, 0.1) is 0 Å². The summed E-state index contributed by atoms with van der Waals surface area (Å²) in [6.07, 6.45) is 6.78. The maximum Gasteiger partial charge on any atom is 0.326 e. The number of halogens is 1. The fourth-order valence-corrected chi connectivity index (χ4v) is 2.83. The Bertz CT molecular complexity index is 661. The molecule has 28 heavy (non-hydrogen) atoms. The van der Waals surface area contributed by atoms with E-state index in [0.717, 1.165) is 25.7 Å². The molecule has 0 saturated carbocycles. The Hall–Kier alpha value is -2.70. The molecule has 0 spiro atoms. The molecular weight excluding hydrogens is 363 g/mol. The molecule has 0 aliphatic heterocycles. The zero-order valence-electron chi connectivity index (χ0n) is 16.2. The van der Waals surface area contributed by atoms with Gasteiger partial charge >= 0.3 is 5.97 Å². The van der Waals surface area contributed by atoms with Crippen LogP contribution in [0.2, 0.25) is 0 Å². The van der Waals surface area contributed by atoms with Gasteiger partial charge in [0.25, 0.3) is 0 Å². The van der Waals surface area contributed by atoms with Gasteiger partial charge < -0.3 is 15.7 Å². The van der Waals surface area contributed by atoms with Gasteiger partial charge in [-0.05, 0) is 37.0 Å². The second-order valence-electron chi connectivity index (χ2n) is 6.76. The van der Waals surface area contributed by atoms with Crippen LogP contribution >= 0.6 is 0 Å². The second kappa shape index (κ2) is 12.6. The lowest BCUT2D eigenvalue weighted by Crippen LogP contribution is -2.52. The van der Waals surface area contributed by atoms with Crippen molar-refractivity contribution in [3.63, 3.8) is 0 Å². The molecule has 0 bridgehead atoms. The van der Waals surface area contributed by atoms with E-state index in [1.807, 2.05) is 6.08 Å². The fraction of sp³-hybridized carbons (Fsp3) is 0.476. The number of unbranched alkanes of at least 4 members (excludes halogenated alkanes) is 4. The van der Waals surface area contributed by atoms with Gasteiger partial charge in [-0.2, -0.15) is 0 Å². The summed E-state index contributed by atoms with van der Waals surface area (Å²) in [6.45, 7) is 4.94. The van der Waals surface area contributed by atoms with Crippen molar-refractivity contribution in [2.75, 3.05) is 0 Å². The summed E-state index contributed by atoms with van der Waals surface area (Å²) in [7, 11) is 0. The van der Waals surface area contributed by atoms with Crippen LogP contribution in [0.5, 0.6) is 0 Å². The predicted octanol–water partition coefficient (Wildman–Crippen LogP) is 2.97. The molecule has 154 valence electrons. The minimum absolute atomic E-state index is 0.138. The average Bonchev–Trinajstić information content (AvgIpc) is 2.64. The standard InChI is InChI=1S/C21H29FN2O4/c1-3-4-5-6-7-8-9-18(21(27)28)24-20(26)19(23-15(2)25)14-16-10-12-17(22)13-11-16/h3,10-13,18-19H,1,4-9,14H2,2H3,(H,23,25)(H,24,26)(H,27,28)/t18-,19-/m0/s1. The highest BCUT2D eigenvalue weighted by Gasteiger charge is 2.25. The molecule has 1 aromatic carbocycles. The van der Waals surface area contributed by atoms with Crippen molar-refractivity contribution in [1.82, 2.24) is 10.6 Å². The van der Waals surface area contributed by atoms with Crippen molar-refractivity contribution in [2.45, 2.75) is 64.0 Å². The minimum Gasteiger partial charge on any atom is -0.480 e. The number of carboxylic acid groups (broad SMARTS) is 1. The molecule has 3 N–H and O–H groups in total. The highest BCUT2D eigenvalue weighted by atomic mass is 19.1. The molecule has 2 atom stereocenters. The van der Waals surface area contributed by atoms with Crippen LogP contribution in [-0.4, -0.2) is 35.0 Å². The zero-order chi connectivity index (χ0) is 20.9. The van der Waals surface area contributed by atoms with Crippen molar-refractivity contribution in [3.05, 3.63) is 48.3 Å². The number of benzene rings is 1. The van der Waals surface area contributed by atoms with Crippen molar-refractivity contribution >= 4 is 17.8 Å². The Balaban J connectivity index is 2.65. The van der Waals surface area contributed by atoms with E-state index in [1.165, 1.54) is 31.2 Å². The van der Waals surface area contributed by atoms with Crippen molar-refractivity contribution < 1.29 is 23.9 Å². The summed E-state index contributed by atoms with van der Waals surface area (Å²) < 4.78 is 13.1. The van der Waals surface area contributed by atoms with E-state index >= 15 is 0 Å². The van der Waals surface area contributed by atoms with Gasteiger partial charge in [-0.25, -0.2) is 9.18 Å². The predicted molar refractivity (Wildman–Crippen MR) is 105 cm³/mol. The van der Waals surface area contributed by atoms with Gasteiger partial charge in [-0.3, -0.25) is 9.59 Å². The number of allylic oxidation sites excluding steroid dienone is 1. The SMILES string of the molecule is C=CCCCCCC[C@H](NC(=O)[C@H](Cc1ccc(F)cc1)NC(C)=O)C(=O)O. The normalized spacial score (nSPS) is 12.6. The molecule has 0 aliphatic carbocycles. The molecule has 0 saturated heterocycles. The minimum atomic E-state index is -1.11. The first-order valence-electron chi connectivity index (χ1n) is 9.49. The van der Waals surface area contributed by atoms with Crippen LogP contribution in [0.15, 0.2) is 36.9 Å². The lowest BCUT2D eigenvalue weighted by Gasteiger charge is -2.21. The van der Waals surface area contributed by atoms with Gasteiger partial charge in [0.2, 0.25) is 11.8 Å². The molecule has 1 aromatic rings. The number of amides is 2. The largest absolute Gasteiger partial charge is 0.480 e. The summed E-state index contributed by atoms with van der Waals surface area (Å²) in [4.78, 5) is 35.5. The third kappa shape index (κ3) is 9.30. The molecule has 0 heterocycles. The first-order chi connectivity index (χ1) is 13.3. The molecule has 7 heteroatoms. The number of rotatable bonds is 13. The quantitative estimate of drug-likeness (QED) is 0.355. The fourth-order valence-electron chi connectivity index (χ4n) is 2.83. The monoisotopic (exact) mass is 392 g/mol. The van der Waals surface area contributed by atoms with E-state index in [2.05, 4.69) is 17.2 Å². The Morgan fingerprint density at radius 3 is 2.29 bits per heavy atom. The first-order valence-corrected chi connectivity index (χ1v) is 9.49. The molecule has 0 aromatic heterocycles. The highest BCUT2D eigenvalue weighted by molar-refractivity contribution is 5.90. The number of carbonyl (C=O) groups is 3. The molecule has 2 amide bonds. The Kier molecular flexibility index (Phi) is 10.5. The third-order valence-electron chi connectivity index (χ3n) is 4.31. The molecular formula is C21H29FN2O4. The van der Waals surface area contributed by atoms with Crippen LogP contribution in [0.4, 0.5) is 4.39 Å². The van der Waals surface area contributed by atoms with Gasteiger partial charge in [0, 0.05) is 13.3 Å². The number of hydrogen-bond acceptors (Lipinski definition) is 3. The van der Waals surface area contributed by atoms with E-state index in [9.17, 15) is 23.9 Å². The summed E-state index contributed by atoms with van der Waals surface area (Å²) in [6, 6.07) is 3.63. The zero-order valence-corrected chi connectivity index (χ0v) is 16.2. The number of carbonyl (C=O) groups excluding carboxylic acids is 2. The lowest BCUT2D eigenvalue weighted by atomic mass is 10.0. The van der Waals surface area contributed by atoms with E-state index in [4.69, 9.17) is 0 Å². The molecule has 6 nitrogen and oxygen atoms in total. The third-order valence-corrected chi connectivity index (χ3v) is 4.31. The maximum atomic E-state index is 13.1. The average molecular weight is 392 g/mol. The van der Waals surface area contributed by atoms with Crippen molar-refractivity contribution in [2.24, 2.45) is 0 Å². The van der Waals surface area contributed by atoms with Crippen LogP contribution in [0.3, 0.4) is 0 Å². The van der Waals surface area contributed by atoms with E-state index in [1.54, 1.807) is 0 Å². The van der Waals surface area contributed by atoms with Crippen molar-refractivity contribution in [1.29, 1.82) is 0 Å². The molecule has 0 radical (unpaired) electrons. The van der Waals surface area contributed by atoms with Gasteiger partial charge in [-0.15, -0.1) is 6.58 Å². The molecule has 0 aliphatic rings. The number of carboxylic acids is 1. The van der Waals surface area contributed by atoms with Crippen LogP contribution in [0.25, 0.3) is 0 Å². The first kappa shape index (κ1) is 23.3. The Labute approximate surface area is 165 Å². The summed E-state index contributed by atoms with van der Waals surface area (Å²) in [5, 5.41) is 14.4. The Morgan fingerprint density at radius 1 is 1.07 bits per heavy atom. The smallest absolute Gasteiger partial charge is 0.326 e. The lowest BCUT2D eigenvalue weighted by molar-refractivity contribution is -0.142. The Morgan fingerprint density at radius 2 is 1.71 bits per heavy atom. The summed E-state index contributed by atoms with van der Waals surface area (Å²) in [5.41, 5.74) is 0.657. The number of hydrogen-bond donors (Lipinski definition) is 3. The van der Waals surface area contributed by atoms with Gasteiger partial charge in [0.1, 0.15) is 17.9 Å². The number of aliphatic carboxylic acids is 1. The van der Waals surface area contributed by atoms with E-state index in [-0.39, 0.29) is 6.42 Å². The maximum absolute atomic E-state index is 13.1. The van der Waals surface area contributed by atoms with Gasteiger partial charge in [-0.1, -0.05) is 37.5 Å². The van der Waals surface area contributed by atoms with Crippen molar-refractivity contribution in [3.8, 4) is 0 Å². The molecule has 0 fully saturated rings. The topological polar surface area (TPSA) is 95.5 Å². The van der Waals surface area contributed by atoms with Crippen LogP contribution in [0.1, 0.15) is 51.0 Å². The molecule has 1 rings (SSSR count). The van der Waals surface area contributed by atoms with Crippen LogP contribution < -0.4 is 10.6 Å². The highest BCUT2D eigenvalue weighted by Crippen LogP contribution is 2.10. The van der Waals surface area contributed by atoms with Crippen LogP contribution in [0, 0.1) is 5.82 Å². The summed E-state index contributed by atoms with van der Waals surface area (Å²) in [5.74, 6) is -2.49. The van der Waals surface area contributed by atoms with Crippen LogP contribution in [-0.2, 0) is 20.8 Å².